The van der Waals surface area contributed by atoms with Crippen molar-refractivity contribution in [2.75, 3.05) is 4.90 Å². The molecule has 0 aliphatic rings. The molecule has 0 aliphatic heterocycles. The maximum atomic E-state index is 2.47. The van der Waals surface area contributed by atoms with Crippen LogP contribution in [0.2, 0.25) is 0 Å². The van der Waals surface area contributed by atoms with E-state index in [0.717, 1.165) is 11.4 Å². The molecular formula is C52H33NS2. The Morgan fingerprint density at radius 3 is 1.73 bits per heavy atom. The largest absolute Gasteiger partial charge is 0.309 e. The number of nitrogens with zero attached hydrogens (tertiary/aromatic N) is 1. The van der Waals surface area contributed by atoms with Crippen LogP contribution in [0.5, 0.6) is 0 Å². The van der Waals surface area contributed by atoms with Crippen LogP contribution in [0.25, 0.3) is 84.5 Å². The van der Waals surface area contributed by atoms with Crippen molar-refractivity contribution in [1.29, 1.82) is 0 Å². The highest BCUT2D eigenvalue weighted by Crippen LogP contribution is 2.47. The third kappa shape index (κ3) is 5.51. The lowest BCUT2D eigenvalue weighted by Gasteiger charge is -2.27. The summed E-state index contributed by atoms with van der Waals surface area (Å²) in [5, 5.41) is 7.73. The molecule has 0 bridgehead atoms. The lowest BCUT2D eigenvalue weighted by Crippen LogP contribution is -2.10. The Bertz CT molecular complexity index is 3200. The zero-order valence-electron chi connectivity index (χ0n) is 29.8. The van der Waals surface area contributed by atoms with E-state index in [1.54, 1.807) is 0 Å². The molecule has 0 saturated carbocycles. The van der Waals surface area contributed by atoms with Gasteiger partial charge >= 0.3 is 0 Å². The van der Waals surface area contributed by atoms with Crippen LogP contribution < -0.4 is 4.90 Å². The van der Waals surface area contributed by atoms with Gasteiger partial charge in [0.25, 0.3) is 0 Å². The van der Waals surface area contributed by atoms with E-state index >= 15 is 0 Å². The van der Waals surface area contributed by atoms with Gasteiger partial charge in [-0.15, -0.1) is 22.7 Å². The number of hydrogen-bond donors (Lipinski definition) is 0. The fraction of sp³-hybridized carbons (Fsp3) is 0. The molecule has 0 radical (unpaired) electrons. The molecule has 3 heteroatoms. The van der Waals surface area contributed by atoms with Crippen molar-refractivity contribution in [2.45, 2.75) is 0 Å². The van der Waals surface area contributed by atoms with Crippen LogP contribution in [0.3, 0.4) is 0 Å². The van der Waals surface area contributed by atoms with Crippen molar-refractivity contribution < 1.29 is 0 Å². The second-order valence-electron chi connectivity index (χ2n) is 14.1. The van der Waals surface area contributed by atoms with E-state index < -0.39 is 0 Å². The van der Waals surface area contributed by atoms with Crippen LogP contribution in [-0.2, 0) is 0 Å². The standard InChI is InChI=1S/C52H33NS2/c1-2-12-34(13-3-1)38-30-39(37-26-29-46-44-17-6-8-22-49(44)54-51(46)33-37)32-41(31-38)53(48-21-11-20-47-45-18-7-9-23-50(45)55-52(47)48)40-27-24-36(25-28-40)43-19-10-15-35-14-4-5-16-42(35)43/h1-33H. The number of hydrogen-bond acceptors (Lipinski definition) is 3. The summed E-state index contributed by atoms with van der Waals surface area (Å²) < 4.78 is 5.20. The first-order valence-electron chi connectivity index (χ1n) is 18.7. The fourth-order valence-electron chi connectivity index (χ4n) is 8.21. The maximum absolute atomic E-state index is 2.47. The lowest BCUT2D eigenvalue weighted by molar-refractivity contribution is 1.30. The molecule has 0 spiro atoms. The summed E-state index contributed by atoms with van der Waals surface area (Å²) in [6, 6.07) is 73.5. The molecule has 0 fully saturated rings. The highest BCUT2D eigenvalue weighted by molar-refractivity contribution is 7.26. The van der Waals surface area contributed by atoms with Crippen molar-refractivity contribution >= 4 is 90.9 Å². The first kappa shape index (κ1) is 32.0. The SMILES string of the molecule is c1ccc(-c2cc(-c3ccc4c(c3)sc3ccccc34)cc(N(c3ccc(-c4cccc5ccccc45)cc3)c3cccc4c3sc3ccccc34)c2)cc1. The van der Waals surface area contributed by atoms with E-state index in [1.807, 2.05) is 22.7 Å². The molecule has 11 aromatic rings. The van der Waals surface area contributed by atoms with Crippen molar-refractivity contribution in [3.63, 3.8) is 0 Å². The lowest BCUT2D eigenvalue weighted by atomic mass is 9.96. The number of benzene rings is 9. The molecule has 0 N–H and O–H groups in total. The Morgan fingerprint density at radius 2 is 0.909 bits per heavy atom. The van der Waals surface area contributed by atoms with Gasteiger partial charge < -0.3 is 4.90 Å². The van der Waals surface area contributed by atoms with E-state index in [0.29, 0.717) is 0 Å². The molecule has 2 aromatic heterocycles. The molecule has 0 amide bonds. The zero-order chi connectivity index (χ0) is 36.3. The Morgan fingerprint density at radius 1 is 0.309 bits per heavy atom. The van der Waals surface area contributed by atoms with Gasteiger partial charge in [0.1, 0.15) is 0 Å². The molecule has 2 heterocycles. The zero-order valence-corrected chi connectivity index (χ0v) is 31.4. The van der Waals surface area contributed by atoms with Gasteiger partial charge in [-0.05, 0) is 98.8 Å². The summed E-state index contributed by atoms with van der Waals surface area (Å²) >= 11 is 3.74. The quantitative estimate of drug-likeness (QED) is 0.164. The predicted octanol–water partition coefficient (Wildman–Crippen LogP) is 16.0. The fourth-order valence-corrected chi connectivity index (χ4v) is 10.6. The normalized spacial score (nSPS) is 11.6. The number of rotatable bonds is 6. The smallest absolute Gasteiger partial charge is 0.0640 e. The molecule has 55 heavy (non-hydrogen) atoms. The van der Waals surface area contributed by atoms with Gasteiger partial charge in [0.15, 0.2) is 0 Å². The summed E-state index contributed by atoms with van der Waals surface area (Å²) in [5.41, 5.74) is 10.6. The van der Waals surface area contributed by atoms with Crippen LogP contribution in [-0.4, -0.2) is 0 Å². The molecule has 9 aromatic carbocycles. The van der Waals surface area contributed by atoms with Crippen LogP contribution in [0.15, 0.2) is 200 Å². The predicted molar refractivity (Wildman–Crippen MR) is 241 cm³/mol. The summed E-state index contributed by atoms with van der Waals surface area (Å²) in [4.78, 5) is 2.47. The molecule has 0 unspecified atom stereocenters. The molecule has 0 atom stereocenters. The number of fused-ring (bicyclic) bond motifs is 7. The monoisotopic (exact) mass is 735 g/mol. The molecule has 0 saturated heterocycles. The van der Waals surface area contributed by atoms with Gasteiger partial charge in [-0.3, -0.25) is 0 Å². The summed E-state index contributed by atoms with van der Waals surface area (Å²) in [6.07, 6.45) is 0. The summed E-state index contributed by atoms with van der Waals surface area (Å²) in [7, 11) is 0. The number of thiophene rings is 2. The van der Waals surface area contributed by atoms with Gasteiger partial charge in [-0.1, -0.05) is 146 Å². The minimum atomic E-state index is 1.12. The van der Waals surface area contributed by atoms with Crippen LogP contribution in [0.1, 0.15) is 0 Å². The third-order valence-corrected chi connectivity index (χ3v) is 13.2. The Hall–Kier alpha value is -6.52. The Kier molecular flexibility index (Phi) is 7.61. The first-order chi connectivity index (χ1) is 27.2. The van der Waals surface area contributed by atoms with E-state index in [9.17, 15) is 0 Å². The summed E-state index contributed by atoms with van der Waals surface area (Å²) in [6.45, 7) is 0. The second kappa shape index (κ2) is 13.1. The second-order valence-corrected chi connectivity index (χ2v) is 16.2. The molecular weight excluding hydrogens is 703 g/mol. The van der Waals surface area contributed by atoms with Gasteiger partial charge in [0.2, 0.25) is 0 Å². The maximum Gasteiger partial charge on any atom is 0.0640 e. The topological polar surface area (TPSA) is 3.24 Å². The minimum absolute atomic E-state index is 1.12. The van der Waals surface area contributed by atoms with Crippen LogP contribution in [0, 0.1) is 0 Å². The van der Waals surface area contributed by atoms with Crippen molar-refractivity contribution in [2.24, 2.45) is 0 Å². The van der Waals surface area contributed by atoms with Crippen molar-refractivity contribution in [3.8, 4) is 33.4 Å². The van der Waals surface area contributed by atoms with Crippen molar-refractivity contribution in [3.05, 3.63) is 200 Å². The van der Waals surface area contributed by atoms with Crippen molar-refractivity contribution in [1.82, 2.24) is 0 Å². The molecule has 1 nitrogen and oxygen atoms in total. The third-order valence-electron chi connectivity index (χ3n) is 10.8. The Labute approximate surface area is 327 Å². The first-order valence-corrected chi connectivity index (χ1v) is 20.3. The highest BCUT2D eigenvalue weighted by atomic mass is 32.1. The summed E-state index contributed by atoms with van der Waals surface area (Å²) in [5.74, 6) is 0. The molecule has 258 valence electrons. The molecule has 11 rings (SSSR count). The van der Waals surface area contributed by atoms with Gasteiger partial charge in [-0.2, -0.15) is 0 Å². The molecule has 0 aliphatic carbocycles. The highest BCUT2D eigenvalue weighted by Gasteiger charge is 2.20. The average molecular weight is 736 g/mol. The van der Waals surface area contributed by atoms with Gasteiger partial charge in [0, 0.05) is 47.0 Å². The minimum Gasteiger partial charge on any atom is -0.309 e. The van der Waals surface area contributed by atoms with E-state index in [4.69, 9.17) is 0 Å². The van der Waals surface area contributed by atoms with E-state index in [1.165, 1.54) is 90.2 Å². The van der Waals surface area contributed by atoms with Crippen LogP contribution >= 0.6 is 22.7 Å². The van der Waals surface area contributed by atoms with Gasteiger partial charge in [0.05, 0.1) is 10.4 Å². The average Bonchev–Trinajstić information content (AvgIpc) is 3.83. The van der Waals surface area contributed by atoms with E-state index in [2.05, 4.69) is 205 Å². The van der Waals surface area contributed by atoms with E-state index in [-0.39, 0.29) is 0 Å². The van der Waals surface area contributed by atoms with Gasteiger partial charge in [-0.25, -0.2) is 0 Å². The Balaban J connectivity index is 1.14. The number of anilines is 3. The van der Waals surface area contributed by atoms with Crippen LogP contribution in [0.4, 0.5) is 17.1 Å².